The number of hydrogen-bond donors (Lipinski definition) is 1. The number of aromatic amines is 1. The minimum atomic E-state index is -1.71. The molecule has 0 amide bonds. The first-order valence-electron chi connectivity index (χ1n) is 13.2. The molecule has 0 saturated carbocycles. The van der Waals surface area contributed by atoms with E-state index in [2.05, 4.69) is 15.7 Å². The maximum atomic E-state index is 12.8. The quantitative estimate of drug-likeness (QED) is 0.228. The number of fused-ring (bicyclic) bond motifs is 2. The highest BCUT2D eigenvalue weighted by Gasteiger charge is 2.65. The van der Waals surface area contributed by atoms with Gasteiger partial charge in [0.1, 0.15) is 18.8 Å². The number of aryl methyl sites for hydroxylation is 1. The summed E-state index contributed by atoms with van der Waals surface area (Å²) >= 11 is 0. The highest BCUT2D eigenvalue weighted by Crippen LogP contribution is 2.55. The van der Waals surface area contributed by atoms with E-state index < -0.39 is 49.8 Å². The molecule has 1 aromatic heterocycles. The molecule has 13 heteroatoms. The van der Waals surface area contributed by atoms with Crippen molar-refractivity contribution >= 4 is 14.5 Å². The number of esters is 1. The molecule has 4 rings (SSSR count). The number of H-pyrrole nitrogens is 1. The van der Waals surface area contributed by atoms with Crippen LogP contribution < -0.4 is 11.2 Å². The summed E-state index contributed by atoms with van der Waals surface area (Å²) in [5, 5.41) is 9.08. The van der Waals surface area contributed by atoms with Gasteiger partial charge < -0.3 is 23.3 Å². The first kappa shape index (κ1) is 30.1. The summed E-state index contributed by atoms with van der Waals surface area (Å²) in [6.07, 6.45) is -0.934. The lowest BCUT2D eigenvalue weighted by Gasteiger charge is -2.38. The lowest BCUT2D eigenvalue weighted by atomic mass is 10.0. The minimum absolute atomic E-state index is 0.0428. The predicted octanol–water partition coefficient (Wildman–Crippen LogP) is 3.03. The zero-order valence-electron chi connectivity index (χ0n) is 23.2. The molecule has 2 bridgehead atoms. The van der Waals surface area contributed by atoms with Crippen molar-refractivity contribution < 1.29 is 28.1 Å². The summed E-state index contributed by atoms with van der Waals surface area (Å²) in [5.74, 6) is -0.542. The molecule has 5 atom stereocenters. The monoisotopic (exact) mass is 574 g/mol. The van der Waals surface area contributed by atoms with E-state index in [-0.39, 0.29) is 38.3 Å². The van der Waals surface area contributed by atoms with Gasteiger partial charge >= 0.3 is 11.7 Å². The van der Waals surface area contributed by atoms with E-state index in [0.717, 1.165) is 0 Å². The summed E-state index contributed by atoms with van der Waals surface area (Å²) in [6.45, 7) is 9.66. The smallest absolute Gasteiger partial charge is 0.338 e. The number of carbonyl (C=O) groups is 1. The molecular formula is C27H35N4O8P. The Bertz CT molecular complexity index is 1330. The molecule has 2 saturated heterocycles. The zero-order chi connectivity index (χ0) is 29.0. The van der Waals surface area contributed by atoms with Gasteiger partial charge in [0.15, 0.2) is 11.8 Å². The van der Waals surface area contributed by atoms with Crippen molar-refractivity contribution in [1.82, 2.24) is 14.2 Å². The Morgan fingerprint density at radius 2 is 1.95 bits per heavy atom. The van der Waals surface area contributed by atoms with Crippen LogP contribution in [0.15, 0.2) is 46.1 Å². The van der Waals surface area contributed by atoms with Crippen molar-refractivity contribution in [2.24, 2.45) is 0 Å². The lowest BCUT2D eigenvalue weighted by Crippen LogP contribution is -2.47. The average molecular weight is 575 g/mol. The highest BCUT2D eigenvalue weighted by molar-refractivity contribution is 7.44. The van der Waals surface area contributed by atoms with Crippen LogP contribution in [0.4, 0.5) is 0 Å². The molecule has 0 spiro atoms. The molecule has 0 aliphatic carbocycles. The molecule has 0 radical (unpaired) electrons. The number of nitrogens with one attached hydrogen (secondary N) is 1. The van der Waals surface area contributed by atoms with Gasteiger partial charge in [-0.2, -0.15) is 5.26 Å². The van der Waals surface area contributed by atoms with E-state index in [9.17, 15) is 14.4 Å². The fourth-order valence-electron chi connectivity index (χ4n) is 4.89. The van der Waals surface area contributed by atoms with Crippen LogP contribution in [0.25, 0.3) is 0 Å². The predicted molar refractivity (Wildman–Crippen MR) is 145 cm³/mol. The molecule has 40 heavy (non-hydrogen) atoms. The fourth-order valence-corrected chi connectivity index (χ4v) is 6.70. The first-order chi connectivity index (χ1) is 19.1. The second-order valence-electron chi connectivity index (χ2n) is 10.3. The Kier molecular flexibility index (Phi) is 9.56. The van der Waals surface area contributed by atoms with Crippen LogP contribution >= 0.6 is 8.53 Å². The molecule has 2 aromatic rings. The van der Waals surface area contributed by atoms with Crippen LogP contribution in [0.1, 0.15) is 56.3 Å². The molecule has 1 aromatic carbocycles. The Morgan fingerprint density at radius 1 is 1.25 bits per heavy atom. The zero-order valence-corrected chi connectivity index (χ0v) is 24.1. The second-order valence-corrected chi connectivity index (χ2v) is 11.7. The number of benzene rings is 1. The van der Waals surface area contributed by atoms with Gasteiger partial charge in [-0.3, -0.25) is 14.3 Å². The third-order valence-electron chi connectivity index (χ3n) is 6.72. The molecule has 2 fully saturated rings. The van der Waals surface area contributed by atoms with Crippen LogP contribution in [0.3, 0.4) is 0 Å². The first-order valence-corrected chi connectivity index (χ1v) is 14.3. The Labute approximate surface area is 233 Å². The minimum Gasteiger partial charge on any atom is -0.459 e. The van der Waals surface area contributed by atoms with Crippen molar-refractivity contribution in [3.05, 3.63) is 68.5 Å². The van der Waals surface area contributed by atoms with Gasteiger partial charge in [-0.15, -0.1) is 0 Å². The molecule has 2 aliphatic heterocycles. The number of nitriles is 1. The topological polar surface area (TPSA) is 145 Å². The SMILES string of the molecule is Cc1cn([C@H]2O[C@@]3(COC(=O)c4ccccc4)CO[C@@H]2[C@@H]3OP(OCCC#N)N(C(C)C)C(C)C)c(=O)[nH]c1=O. The maximum absolute atomic E-state index is 12.8. The van der Waals surface area contributed by atoms with Gasteiger partial charge in [0.2, 0.25) is 0 Å². The summed E-state index contributed by atoms with van der Waals surface area (Å²) in [5.41, 5.74) is -1.72. The van der Waals surface area contributed by atoms with Crippen LogP contribution in [-0.4, -0.2) is 69.9 Å². The van der Waals surface area contributed by atoms with E-state index >= 15 is 0 Å². The Hall–Kier alpha value is -2.91. The third-order valence-corrected chi connectivity index (χ3v) is 8.83. The second kappa shape index (κ2) is 12.7. The number of carbonyl (C=O) groups excluding carboxylic acids is 1. The molecule has 1 N–H and O–H groups in total. The van der Waals surface area contributed by atoms with Gasteiger partial charge in [0.25, 0.3) is 14.1 Å². The van der Waals surface area contributed by atoms with Crippen molar-refractivity contribution in [1.29, 1.82) is 5.26 Å². The normalized spacial score (nSPS) is 24.5. The van der Waals surface area contributed by atoms with E-state index in [1.165, 1.54) is 10.8 Å². The van der Waals surface area contributed by atoms with E-state index in [0.29, 0.717) is 11.1 Å². The Balaban J connectivity index is 1.68. The van der Waals surface area contributed by atoms with Crippen molar-refractivity contribution in [3.8, 4) is 6.07 Å². The van der Waals surface area contributed by atoms with Crippen LogP contribution in [0.5, 0.6) is 0 Å². The fraction of sp³-hybridized carbons (Fsp3) is 0.556. The molecular weight excluding hydrogens is 539 g/mol. The molecule has 2 aliphatic rings. The van der Waals surface area contributed by atoms with Crippen molar-refractivity contribution in [2.45, 2.75) is 77.2 Å². The molecule has 12 nitrogen and oxygen atoms in total. The summed E-state index contributed by atoms with van der Waals surface area (Å²) in [6, 6.07) is 10.7. The summed E-state index contributed by atoms with van der Waals surface area (Å²) < 4.78 is 34.3. The summed E-state index contributed by atoms with van der Waals surface area (Å²) in [4.78, 5) is 39.9. The van der Waals surface area contributed by atoms with Gasteiger partial charge in [0, 0.05) is 23.8 Å². The largest absolute Gasteiger partial charge is 0.459 e. The van der Waals surface area contributed by atoms with Gasteiger partial charge in [-0.1, -0.05) is 18.2 Å². The van der Waals surface area contributed by atoms with Gasteiger partial charge in [0.05, 0.1) is 31.3 Å². The number of ether oxygens (including phenoxy) is 3. The number of hydrogen-bond acceptors (Lipinski definition) is 10. The van der Waals surface area contributed by atoms with Crippen LogP contribution in [0.2, 0.25) is 0 Å². The maximum Gasteiger partial charge on any atom is 0.338 e. The molecule has 3 heterocycles. The van der Waals surface area contributed by atoms with Crippen LogP contribution in [-0.2, 0) is 23.3 Å². The third kappa shape index (κ3) is 6.20. The number of aromatic nitrogens is 2. The van der Waals surface area contributed by atoms with Gasteiger partial charge in [-0.25, -0.2) is 14.3 Å². The molecule has 216 valence electrons. The average Bonchev–Trinajstić information content (AvgIpc) is 3.41. The van der Waals surface area contributed by atoms with Crippen molar-refractivity contribution in [3.63, 3.8) is 0 Å². The summed E-state index contributed by atoms with van der Waals surface area (Å²) in [7, 11) is -1.71. The van der Waals surface area contributed by atoms with Gasteiger partial charge in [-0.05, 0) is 46.8 Å². The van der Waals surface area contributed by atoms with E-state index in [1.54, 1.807) is 37.3 Å². The Morgan fingerprint density at radius 3 is 2.60 bits per heavy atom. The standard InChI is InChI=1S/C27H35N4O8P/c1-17(2)31(18(3)4)40(37-13-9-12-28)39-22-21-24(30-14-19(5)23(32)29-26(30)34)38-27(22,15-35-21)16-36-25(33)20-10-7-6-8-11-20/h6-8,10-11,14,17-18,21-22,24H,9,13,15-16H2,1-5H3,(H,29,32,34)/t21-,22+,24+,27-,40?/m1/s1. The molecule has 1 unspecified atom stereocenters. The van der Waals surface area contributed by atoms with E-state index in [1.807, 2.05) is 27.7 Å². The highest BCUT2D eigenvalue weighted by atomic mass is 31.2. The van der Waals surface area contributed by atoms with Crippen molar-refractivity contribution in [2.75, 3.05) is 19.8 Å². The number of rotatable bonds is 12. The number of nitrogens with zero attached hydrogens (tertiary/aromatic N) is 3. The van der Waals surface area contributed by atoms with Crippen LogP contribution in [0, 0.1) is 18.3 Å². The van der Waals surface area contributed by atoms with E-state index in [4.69, 9.17) is 28.5 Å². The lowest BCUT2D eigenvalue weighted by molar-refractivity contribution is -0.187.